The van der Waals surface area contributed by atoms with Gasteiger partial charge in [0.25, 0.3) is 0 Å². The first kappa shape index (κ1) is 60.2. The van der Waals surface area contributed by atoms with Gasteiger partial charge in [-0.3, -0.25) is 0 Å². The van der Waals surface area contributed by atoms with Crippen LogP contribution >= 0.6 is 0 Å². The molecular weight excluding hydrogens is 1260 g/mol. The molecule has 0 saturated carbocycles. The van der Waals surface area contributed by atoms with Crippen LogP contribution in [0.3, 0.4) is 0 Å². The number of aromatic nitrogens is 2. The number of anilines is 6. The Balaban J connectivity index is 0.671. The number of para-hydroxylation sites is 2. The van der Waals surface area contributed by atoms with Crippen molar-refractivity contribution in [1.29, 1.82) is 0 Å². The van der Waals surface area contributed by atoms with E-state index in [9.17, 15) is 0 Å². The second-order valence-corrected chi connectivity index (χ2v) is 27.2. The van der Waals surface area contributed by atoms with Crippen LogP contribution in [-0.2, 0) is 0 Å². The molecule has 486 valence electrons. The number of hydrogen-bond acceptors (Lipinski definition) is 2. The fraction of sp³-hybridized carbons (Fsp3) is 0. The van der Waals surface area contributed by atoms with Crippen LogP contribution in [0.4, 0.5) is 34.1 Å². The van der Waals surface area contributed by atoms with E-state index in [4.69, 9.17) is 0 Å². The van der Waals surface area contributed by atoms with Gasteiger partial charge in [-0.05, 0) is 197 Å². The van der Waals surface area contributed by atoms with Gasteiger partial charge in [-0.25, -0.2) is 0 Å². The summed E-state index contributed by atoms with van der Waals surface area (Å²) in [6, 6.07) is 147. The first-order valence-electron chi connectivity index (χ1n) is 35.8. The lowest BCUT2D eigenvalue weighted by Crippen LogP contribution is -2.10. The fourth-order valence-electron chi connectivity index (χ4n) is 16.4. The van der Waals surface area contributed by atoms with Crippen molar-refractivity contribution in [2.24, 2.45) is 0 Å². The van der Waals surface area contributed by atoms with Crippen LogP contribution in [0.15, 0.2) is 400 Å². The number of hydrogen-bond donors (Lipinski definition) is 0. The average Bonchev–Trinajstić information content (AvgIpc) is 1.57. The van der Waals surface area contributed by atoms with Gasteiger partial charge in [-0.15, -0.1) is 0 Å². The molecule has 0 bridgehead atoms. The molecule has 2 aromatic heterocycles. The molecule has 2 heterocycles. The van der Waals surface area contributed by atoms with Gasteiger partial charge in [0.1, 0.15) is 0 Å². The van der Waals surface area contributed by atoms with E-state index in [0.717, 1.165) is 73.3 Å². The number of fused-ring (bicyclic) bond motifs is 12. The summed E-state index contributed by atoms with van der Waals surface area (Å²) < 4.78 is 4.92. The summed E-state index contributed by atoms with van der Waals surface area (Å²) in [6.07, 6.45) is 0. The van der Waals surface area contributed by atoms with Crippen molar-refractivity contribution in [3.63, 3.8) is 0 Å². The van der Waals surface area contributed by atoms with E-state index < -0.39 is 0 Å². The molecule has 0 aliphatic rings. The molecule has 0 aliphatic carbocycles. The molecule has 0 amide bonds. The van der Waals surface area contributed by atoms with Crippen molar-refractivity contribution in [1.82, 2.24) is 9.13 Å². The quantitative estimate of drug-likeness (QED) is 0.114. The van der Waals surface area contributed by atoms with Crippen LogP contribution < -0.4 is 9.80 Å². The monoisotopic (exact) mass is 1320 g/mol. The summed E-state index contributed by atoms with van der Waals surface area (Å²) >= 11 is 0. The zero-order valence-electron chi connectivity index (χ0n) is 56.9. The highest BCUT2D eigenvalue weighted by molar-refractivity contribution is 6.21. The average molecular weight is 1320 g/mol. The first-order chi connectivity index (χ1) is 51.6. The molecule has 18 aromatic carbocycles. The molecule has 0 atom stereocenters. The van der Waals surface area contributed by atoms with Gasteiger partial charge >= 0.3 is 0 Å². The predicted molar refractivity (Wildman–Crippen MR) is 442 cm³/mol. The summed E-state index contributed by atoms with van der Waals surface area (Å²) in [5, 5.41) is 14.5. The summed E-state index contributed by atoms with van der Waals surface area (Å²) in [4.78, 5) is 4.84. The number of nitrogens with zero attached hydrogens (tertiary/aromatic N) is 4. The molecule has 0 N–H and O–H groups in total. The predicted octanol–water partition coefficient (Wildman–Crippen LogP) is 27.8. The molecule has 20 aromatic rings. The van der Waals surface area contributed by atoms with Gasteiger partial charge < -0.3 is 18.9 Å². The lowest BCUT2D eigenvalue weighted by atomic mass is 9.92. The van der Waals surface area contributed by atoms with Crippen molar-refractivity contribution in [3.05, 3.63) is 400 Å². The minimum Gasteiger partial charge on any atom is -0.310 e. The molecule has 0 aliphatic heterocycles. The van der Waals surface area contributed by atoms with Crippen LogP contribution in [0.5, 0.6) is 0 Å². The van der Waals surface area contributed by atoms with Crippen LogP contribution in [0.1, 0.15) is 0 Å². The van der Waals surface area contributed by atoms with Crippen molar-refractivity contribution in [2.75, 3.05) is 9.80 Å². The minimum absolute atomic E-state index is 1.07. The van der Waals surface area contributed by atoms with Crippen molar-refractivity contribution < 1.29 is 0 Å². The Morgan fingerprint density at radius 3 is 1.11 bits per heavy atom. The van der Waals surface area contributed by atoms with Crippen molar-refractivity contribution in [3.8, 4) is 67.0 Å². The van der Waals surface area contributed by atoms with E-state index >= 15 is 0 Å². The Morgan fingerprint density at radius 1 is 0.163 bits per heavy atom. The third-order valence-corrected chi connectivity index (χ3v) is 21.2. The maximum Gasteiger partial charge on any atom is 0.0620 e. The second-order valence-electron chi connectivity index (χ2n) is 27.2. The Bertz CT molecular complexity index is 6690. The summed E-state index contributed by atoms with van der Waals surface area (Å²) in [5.41, 5.74) is 25.2. The molecule has 0 saturated heterocycles. The molecule has 4 heteroatoms. The maximum atomic E-state index is 2.48. The SMILES string of the molecule is c1ccc(-c2cccc(N(c3ccc(-c4cccc5ccccc45)cc3)c3ccc4c(c3)c3ccc5ccccc5c3n4-c3ccc(-c4cccc5c(-c6ccc(N(c7cccc(-c8ccccc8)c7)c7ccc8ccc9c%10ccccc%10n(-c%10ccccc%10)c9c8c7)cc6)cccc45)cc3)c2)cc1. The van der Waals surface area contributed by atoms with Gasteiger partial charge in [-0.2, -0.15) is 0 Å². The van der Waals surface area contributed by atoms with Crippen LogP contribution in [0.25, 0.3) is 154 Å². The Hall–Kier alpha value is -13.8. The summed E-state index contributed by atoms with van der Waals surface area (Å²) in [6.45, 7) is 0. The molecule has 4 nitrogen and oxygen atoms in total. The highest BCUT2D eigenvalue weighted by Crippen LogP contribution is 2.47. The molecule has 0 unspecified atom stereocenters. The second kappa shape index (κ2) is 25.1. The Kier molecular flexibility index (Phi) is 14.5. The van der Waals surface area contributed by atoms with E-state index in [2.05, 4.69) is 419 Å². The van der Waals surface area contributed by atoms with Gasteiger partial charge in [0.15, 0.2) is 0 Å². The van der Waals surface area contributed by atoms with Crippen LogP contribution in [0.2, 0.25) is 0 Å². The van der Waals surface area contributed by atoms with Gasteiger partial charge in [0.2, 0.25) is 0 Å². The van der Waals surface area contributed by atoms with Gasteiger partial charge in [0, 0.05) is 77.8 Å². The highest BCUT2D eigenvalue weighted by Gasteiger charge is 2.23. The van der Waals surface area contributed by atoms with E-state index in [1.54, 1.807) is 0 Å². The fourth-order valence-corrected chi connectivity index (χ4v) is 16.4. The first-order valence-corrected chi connectivity index (χ1v) is 35.8. The molecule has 20 rings (SSSR count). The molecule has 0 spiro atoms. The zero-order chi connectivity index (χ0) is 68.6. The van der Waals surface area contributed by atoms with Crippen LogP contribution in [0, 0.1) is 0 Å². The molecular formula is C100H66N4. The number of rotatable bonds is 13. The highest BCUT2D eigenvalue weighted by atomic mass is 15.1. The third kappa shape index (κ3) is 10.3. The molecule has 0 radical (unpaired) electrons. The lowest BCUT2D eigenvalue weighted by Gasteiger charge is -2.27. The number of benzene rings is 18. The summed E-state index contributed by atoms with van der Waals surface area (Å²) in [7, 11) is 0. The minimum atomic E-state index is 1.07. The summed E-state index contributed by atoms with van der Waals surface area (Å²) in [5.74, 6) is 0. The maximum absolute atomic E-state index is 2.48. The van der Waals surface area contributed by atoms with E-state index in [1.165, 1.54) is 115 Å². The Morgan fingerprint density at radius 2 is 0.519 bits per heavy atom. The van der Waals surface area contributed by atoms with Crippen molar-refractivity contribution >= 4 is 121 Å². The standard InChI is InChI=1S/C100H66N4/c1-4-21-67(22-5-1)75-28-16-32-81(63-75)101(83-58-49-74-51-60-93-92-36-14-15-42-97(92)103(100(93)95(74)65-83)77-30-8-3-9-31-77)78-54-45-72(46-55-78)87-38-19-41-91-88(39-20-40-90(87)91)73-47-56-80(57-48-73)104-98-62-59-84(66-96(98)94-61-50-70-26-11-13-35-89(70)99(94)104)102(82-33-17-29-76(64-82)68-23-6-2-7-24-68)79-52-43-71(44-53-79)86-37-18-27-69-25-10-12-34-85(69)86/h1-66H. The molecule has 0 fully saturated rings. The normalized spacial score (nSPS) is 11.7. The molecule has 104 heavy (non-hydrogen) atoms. The third-order valence-electron chi connectivity index (χ3n) is 21.2. The topological polar surface area (TPSA) is 16.3 Å². The zero-order valence-corrected chi connectivity index (χ0v) is 56.9. The van der Waals surface area contributed by atoms with E-state index in [-0.39, 0.29) is 0 Å². The van der Waals surface area contributed by atoms with E-state index in [0.29, 0.717) is 0 Å². The van der Waals surface area contributed by atoms with Gasteiger partial charge in [0.05, 0.1) is 22.1 Å². The van der Waals surface area contributed by atoms with E-state index in [1.807, 2.05) is 0 Å². The smallest absolute Gasteiger partial charge is 0.0620 e. The van der Waals surface area contributed by atoms with Gasteiger partial charge in [-0.1, -0.05) is 291 Å². The van der Waals surface area contributed by atoms with Crippen LogP contribution in [-0.4, -0.2) is 9.13 Å². The Labute approximate surface area is 603 Å². The lowest BCUT2D eigenvalue weighted by molar-refractivity contribution is 1.18. The van der Waals surface area contributed by atoms with Crippen molar-refractivity contribution in [2.45, 2.75) is 0 Å². The largest absolute Gasteiger partial charge is 0.310 e.